The third-order valence-corrected chi connectivity index (χ3v) is 6.79. The molecule has 0 heterocycles. The molecule has 0 atom stereocenters. The quantitative estimate of drug-likeness (QED) is 0.474. The molecule has 5 heteroatoms. The van der Waals surface area contributed by atoms with E-state index in [0.29, 0.717) is 0 Å². The molecule has 0 radical (unpaired) electrons. The van der Waals surface area contributed by atoms with Crippen molar-refractivity contribution in [2.45, 2.75) is 38.1 Å². The molecule has 1 aliphatic rings. The van der Waals surface area contributed by atoms with Gasteiger partial charge in [0, 0.05) is 17.0 Å². The van der Waals surface area contributed by atoms with Crippen LogP contribution in [0.1, 0.15) is 37.7 Å². The molecule has 4 nitrogen and oxygen atoms in total. The Morgan fingerprint density at radius 1 is 0.867 bits per heavy atom. The Kier molecular flexibility index (Phi) is 5.69. The van der Waals surface area contributed by atoms with Gasteiger partial charge in [-0.2, -0.15) is 0 Å². The molecular formula is C25H25NO3S. The van der Waals surface area contributed by atoms with Gasteiger partial charge in [-0.1, -0.05) is 67.8 Å². The molecule has 0 spiro atoms. The number of rotatable bonds is 3. The number of aromatic hydroxyl groups is 1. The number of fused-ring (bicyclic) bond motifs is 1. The number of phenolic OH excluding ortho intramolecular Hbond substituents is 1. The Morgan fingerprint density at radius 3 is 2.27 bits per heavy atom. The molecule has 1 aliphatic carbocycles. The van der Waals surface area contributed by atoms with Crippen molar-refractivity contribution in [1.29, 1.82) is 0 Å². The van der Waals surface area contributed by atoms with Crippen LogP contribution in [0.3, 0.4) is 0 Å². The molecule has 1 saturated carbocycles. The first-order valence-corrected chi connectivity index (χ1v) is 12.1. The molecule has 0 bridgehead atoms. The van der Waals surface area contributed by atoms with Crippen molar-refractivity contribution in [3.63, 3.8) is 0 Å². The van der Waals surface area contributed by atoms with Gasteiger partial charge in [0.25, 0.3) is 0 Å². The molecule has 0 amide bonds. The average Bonchev–Trinajstić information content (AvgIpc) is 2.75. The maximum absolute atomic E-state index is 12.4. The van der Waals surface area contributed by atoms with Crippen LogP contribution in [-0.2, 0) is 10.0 Å². The maximum atomic E-state index is 12.4. The summed E-state index contributed by atoms with van der Waals surface area (Å²) in [5.74, 6) is 3.36. The predicted molar refractivity (Wildman–Crippen MR) is 121 cm³/mol. The highest BCUT2D eigenvalue weighted by Crippen LogP contribution is 2.35. The molecule has 0 aliphatic heterocycles. The first-order valence-electron chi connectivity index (χ1n) is 10.3. The minimum Gasteiger partial charge on any atom is -0.507 e. The highest BCUT2D eigenvalue weighted by atomic mass is 32.2. The number of nitrogens with zero attached hydrogens (tertiary/aromatic N) is 1. The van der Waals surface area contributed by atoms with Crippen molar-refractivity contribution >= 4 is 20.8 Å². The zero-order valence-corrected chi connectivity index (χ0v) is 17.8. The van der Waals surface area contributed by atoms with Gasteiger partial charge in [-0.3, -0.25) is 0 Å². The van der Waals surface area contributed by atoms with E-state index in [0.717, 1.165) is 59.6 Å². The number of phenols is 1. The Labute approximate surface area is 178 Å². The van der Waals surface area contributed by atoms with E-state index in [1.165, 1.54) is 10.6 Å². The number of benzene rings is 3. The lowest BCUT2D eigenvalue weighted by Gasteiger charge is -2.29. The number of hydrogen-bond acceptors (Lipinski definition) is 3. The van der Waals surface area contributed by atoms with E-state index in [1.54, 1.807) is 6.07 Å². The van der Waals surface area contributed by atoms with Gasteiger partial charge in [0.15, 0.2) is 0 Å². The summed E-state index contributed by atoms with van der Waals surface area (Å²) in [4.78, 5) is 0. The minimum absolute atomic E-state index is 0.0529. The van der Waals surface area contributed by atoms with Crippen LogP contribution in [-0.4, -0.2) is 30.1 Å². The third-order valence-electron chi connectivity index (χ3n) is 5.68. The highest BCUT2D eigenvalue weighted by molar-refractivity contribution is 7.88. The van der Waals surface area contributed by atoms with Gasteiger partial charge in [0.1, 0.15) is 5.75 Å². The minimum atomic E-state index is -3.43. The molecule has 154 valence electrons. The predicted octanol–water partition coefficient (Wildman–Crippen LogP) is 5.12. The van der Waals surface area contributed by atoms with Crippen LogP contribution >= 0.6 is 0 Å². The smallest absolute Gasteiger partial charge is 0.239 e. The lowest BCUT2D eigenvalue weighted by atomic mass is 9.94. The summed E-state index contributed by atoms with van der Waals surface area (Å²) < 4.78 is 26.2. The summed E-state index contributed by atoms with van der Waals surface area (Å²) in [6.07, 6.45) is 6.16. The molecule has 30 heavy (non-hydrogen) atoms. The number of hydrogen-bond donors (Lipinski definition) is 1. The van der Waals surface area contributed by atoms with Gasteiger partial charge >= 0.3 is 0 Å². The zero-order valence-electron chi connectivity index (χ0n) is 17.0. The molecule has 4 rings (SSSR count). The first kappa shape index (κ1) is 20.3. The van der Waals surface area contributed by atoms with Crippen molar-refractivity contribution in [3.05, 3.63) is 66.2 Å². The molecule has 0 aromatic heterocycles. The van der Waals surface area contributed by atoms with Crippen molar-refractivity contribution < 1.29 is 13.5 Å². The lowest BCUT2D eigenvalue weighted by molar-refractivity contribution is 0.317. The molecular weight excluding hydrogens is 394 g/mol. The summed E-state index contributed by atoms with van der Waals surface area (Å²) in [5, 5.41) is 11.9. The average molecular weight is 420 g/mol. The lowest BCUT2D eigenvalue weighted by Crippen LogP contribution is -2.37. The zero-order chi connectivity index (χ0) is 21.1. The van der Waals surface area contributed by atoms with Gasteiger partial charge in [-0.25, -0.2) is 12.7 Å². The van der Waals surface area contributed by atoms with E-state index in [9.17, 15) is 13.5 Å². The summed E-state index contributed by atoms with van der Waals surface area (Å²) in [6, 6.07) is 21.9. The summed E-state index contributed by atoms with van der Waals surface area (Å²) in [6.45, 7) is 0. The fourth-order valence-electron chi connectivity index (χ4n) is 4.22. The molecule has 1 fully saturated rings. The van der Waals surface area contributed by atoms with E-state index in [-0.39, 0.29) is 11.8 Å². The third kappa shape index (κ3) is 4.15. The Balaban J connectivity index is 1.80. The largest absolute Gasteiger partial charge is 0.507 e. The monoisotopic (exact) mass is 419 g/mol. The Morgan fingerprint density at radius 2 is 1.53 bits per heavy atom. The second-order valence-electron chi connectivity index (χ2n) is 7.81. The molecule has 0 saturated heterocycles. The van der Waals surface area contributed by atoms with E-state index < -0.39 is 10.0 Å². The van der Waals surface area contributed by atoms with Crippen LogP contribution in [0.2, 0.25) is 0 Å². The van der Waals surface area contributed by atoms with Crippen molar-refractivity contribution in [2.24, 2.45) is 0 Å². The van der Waals surface area contributed by atoms with E-state index in [2.05, 4.69) is 12.0 Å². The van der Waals surface area contributed by atoms with Crippen LogP contribution in [0.4, 0.5) is 0 Å². The Bertz CT molecular complexity index is 1230. The van der Waals surface area contributed by atoms with Crippen LogP contribution in [0, 0.1) is 12.0 Å². The standard InChI is InChI=1S/C25H25NO3S/c1-30(28,29)26(20-10-3-2-4-11-20)18-17-19-9-5-6-12-21(19)23-15-16-25(27)24-14-8-7-13-22(23)24/h5-9,12-16,20,27H,2-4,10-11H2,1H3. The summed E-state index contributed by atoms with van der Waals surface area (Å²) in [5.41, 5.74) is 2.63. The van der Waals surface area contributed by atoms with Crippen molar-refractivity contribution in [3.8, 4) is 28.8 Å². The van der Waals surface area contributed by atoms with Crippen molar-refractivity contribution in [1.82, 2.24) is 4.31 Å². The van der Waals surface area contributed by atoms with E-state index >= 15 is 0 Å². The fraction of sp³-hybridized carbons (Fsp3) is 0.280. The van der Waals surface area contributed by atoms with Gasteiger partial charge in [0.2, 0.25) is 10.0 Å². The van der Waals surface area contributed by atoms with Crippen LogP contribution < -0.4 is 0 Å². The summed E-state index contributed by atoms with van der Waals surface area (Å²) in [7, 11) is -3.43. The Hall–Kier alpha value is -2.97. The normalized spacial score (nSPS) is 14.8. The van der Waals surface area contributed by atoms with Crippen LogP contribution in [0.15, 0.2) is 60.7 Å². The van der Waals surface area contributed by atoms with Gasteiger partial charge in [-0.05, 0) is 47.4 Å². The molecule has 3 aromatic carbocycles. The van der Waals surface area contributed by atoms with E-state index in [4.69, 9.17) is 0 Å². The summed E-state index contributed by atoms with van der Waals surface area (Å²) >= 11 is 0. The highest BCUT2D eigenvalue weighted by Gasteiger charge is 2.25. The van der Waals surface area contributed by atoms with Gasteiger partial charge in [0.05, 0.1) is 12.3 Å². The van der Waals surface area contributed by atoms with Gasteiger partial charge < -0.3 is 5.11 Å². The maximum Gasteiger partial charge on any atom is 0.239 e. The molecule has 0 unspecified atom stereocenters. The fourth-order valence-corrected chi connectivity index (χ4v) is 5.18. The molecule has 3 aromatic rings. The number of sulfonamides is 1. The first-order chi connectivity index (χ1) is 14.4. The van der Waals surface area contributed by atoms with Gasteiger partial charge in [-0.15, -0.1) is 0 Å². The second kappa shape index (κ2) is 8.41. The molecule has 1 N–H and O–H groups in total. The van der Waals surface area contributed by atoms with E-state index in [1.807, 2.05) is 54.6 Å². The topological polar surface area (TPSA) is 57.6 Å². The van der Waals surface area contributed by atoms with Crippen molar-refractivity contribution in [2.75, 3.05) is 6.26 Å². The van der Waals surface area contributed by atoms with Crippen LogP contribution in [0.25, 0.3) is 21.9 Å². The second-order valence-corrected chi connectivity index (χ2v) is 9.67. The van der Waals surface area contributed by atoms with Crippen LogP contribution in [0.5, 0.6) is 5.75 Å². The SMILES string of the molecule is CS(=O)(=O)N(C#Cc1ccccc1-c1ccc(O)c2ccccc12)C1CCCCC1.